The van der Waals surface area contributed by atoms with Crippen LogP contribution in [0.25, 0.3) is 0 Å². The van der Waals surface area contributed by atoms with Crippen LogP contribution in [-0.2, 0) is 0 Å². The zero-order valence-electron chi connectivity index (χ0n) is 6.71. The molecule has 0 aliphatic heterocycles. The van der Waals surface area contributed by atoms with Gasteiger partial charge in [0.2, 0.25) is 0 Å². The molecule has 3 heteroatoms. The fourth-order valence-corrected chi connectivity index (χ4v) is 0.970. The molecule has 3 N–H and O–H groups in total. The van der Waals surface area contributed by atoms with Gasteiger partial charge >= 0.3 is 0 Å². The van der Waals surface area contributed by atoms with Gasteiger partial charge in [-0.05, 0) is 19.3 Å². The average Bonchev–Trinajstić information content (AvgIpc) is 1.93. The highest BCUT2D eigenvalue weighted by Crippen LogP contribution is 2.17. The third-order valence-corrected chi connectivity index (χ3v) is 1.85. The predicted octanol–water partition coefficient (Wildman–Crippen LogP) is 0.629. The van der Waals surface area contributed by atoms with Crippen LogP contribution >= 0.6 is 0 Å². The number of nitrogens with one attached hydrogen (secondary N) is 1. The number of aliphatic imine (C=N–C) groups is 1. The van der Waals surface area contributed by atoms with E-state index >= 15 is 0 Å². The molecule has 0 unspecified atom stereocenters. The van der Waals surface area contributed by atoms with Crippen LogP contribution in [0.3, 0.4) is 0 Å². The fourth-order valence-electron chi connectivity index (χ4n) is 0.970. The van der Waals surface area contributed by atoms with E-state index in [0.717, 1.165) is 0 Å². The Bertz CT molecular complexity index is 159. The van der Waals surface area contributed by atoms with Gasteiger partial charge in [0.05, 0.1) is 6.54 Å². The van der Waals surface area contributed by atoms with E-state index in [1.54, 1.807) is 6.08 Å². The summed E-state index contributed by atoms with van der Waals surface area (Å²) in [6.07, 6.45) is 5.50. The Hall–Kier alpha value is -0.990. The standard InChI is InChI=1S/C8H15N3/c1-2-6-10-8(9)11-7-4-3-5-7/h2,7H,1,3-6H2,(H3,9,10,11). The number of nitrogens with zero attached hydrogens (tertiary/aromatic N) is 1. The van der Waals surface area contributed by atoms with Gasteiger partial charge in [-0.15, -0.1) is 6.58 Å². The molecule has 0 aromatic carbocycles. The molecule has 1 fully saturated rings. The summed E-state index contributed by atoms with van der Waals surface area (Å²) in [5.74, 6) is 0.551. The van der Waals surface area contributed by atoms with Gasteiger partial charge in [-0.25, -0.2) is 4.99 Å². The lowest BCUT2D eigenvalue weighted by atomic mass is 9.93. The zero-order valence-corrected chi connectivity index (χ0v) is 6.71. The molecule has 1 rings (SSSR count). The molecular weight excluding hydrogens is 138 g/mol. The van der Waals surface area contributed by atoms with E-state index in [0.29, 0.717) is 18.5 Å². The summed E-state index contributed by atoms with van der Waals surface area (Å²) in [4.78, 5) is 4.03. The van der Waals surface area contributed by atoms with E-state index in [2.05, 4.69) is 16.9 Å². The van der Waals surface area contributed by atoms with Gasteiger partial charge in [0.15, 0.2) is 5.96 Å². The second-order valence-corrected chi connectivity index (χ2v) is 2.79. The first-order valence-corrected chi connectivity index (χ1v) is 4.00. The Kier molecular flexibility index (Phi) is 2.95. The molecule has 0 saturated heterocycles. The summed E-state index contributed by atoms with van der Waals surface area (Å²) >= 11 is 0. The van der Waals surface area contributed by atoms with Gasteiger partial charge in [-0.2, -0.15) is 0 Å². The summed E-state index contributed by atoms with van der Waals surface area (Å²) in [7, 11) is 0. The largest absolute Gasteiger partial charge is 0.370 e. The van der Waals surface area contributed by atoms with Crippen LogP contribution in [0.5, 0.6) is 0 Å². The summed E-state index contributed by atoms with van der Waals surface area (Å²) in [5, 5.41) is 3.13. The maximum Gasteiger partial charge on any atom is 0.189 e. The second kappa shape index (κ2) is 4.01. The highest BCUT2D eigenvalue weighted by Gasteiger charge is 2.16. The second-order valence-electron chi connectivity index (χ2n) is 2.79. The maximum absolute atomic E-state index is 5.56. The van der Waals surface area contributed by atoms with E-state index in [4.69, 9.17) is 5.73 Å². The smallest absolute Gasteiger partial charge is 0.189 e. The molecule has 3 nitrogen and oxygen atoms in total. The number of hydrogen-bond acceptors (Lipinski definition) is 1. The Morgan fingerprint density at radius 2 is 2.45 bits per heavy atom. The Morgan fingerprint density at radius 3 is 2.91 bits per heavy atom. The molecule has 1 saturated carbocycles. The first kappa shape index (κ1) is 8.11. The molecular formula is C8H15N3. The van der Waals surface area contributed by atoms with Crippen LogP contribution in [0.4, 0.5) is 0 Å². The van der Waals surface area contributed by atoms with Crippen molar-refractivity contribution in [3.63, 3.8) is 0 Å². The van der Waals surface area contributed by atoms with Crippen molar-refractivity contribution in [2.24, 2.45) is 10.7 Å². The Balaban J connectivity index is 2.17. The third-order valence-electron chi connectivity index (χ3n) is 1.85. The van der Waals surface area contributed by atoms with Crippen LogP contribution < -0.4 is 11.1 Å². The summed E-state index contributed by atoms with van der Waals surface area (Å²) < 4.78 is 0. The van der Waals surface area contributed by atoms with Crippen molar-refractivity contribution in [3.05, 3.63) is 12.7 Å². The first-order chi connectivity index (χ1) is 5.33. The van der Waals surface area contributed by atoms with E-state index < -0.39 is 0 Å². The molecule has 0 bridgehead atoms. The van der Waals surface area contributed by atoms with Crippen molar-refractivity contribution in [1.82, 2.24) is 5.32 Å². The van der Waals surface area contributed by atoms with Crippen molar-refractivity contribution in [1.29, 1.82) is 0 Å². The molecule has 0 spiro atoms. The fraction of sp³-hybridized carbons (Fsp3) is 0.625. The normalized spacial score (nSPS) is 19.1. The van der Waals surface area contributed by atoms with Crippen molar-refractivity contribution < 1.29 is 0 Å². The SMILES string of the molecule is C=CCN=C(N)NC1CCC1. The Labute approximate surface area is 67.4 Å². The van der Waals surface area contributed by atoms with Crippen molar-refractivity contribution >= 4 is 5.96 Å². The van der Waals surface area contributed by atoms with Gasteiger partial charge in [-0.3, -0.25) is 0 Å². The van der Waals surface area contributed by atoms with Gasteiger partial charge in [0.1, 0.15) is 0 Å². The third kappa shape index (κ3) is 2.62. The minimum absolute atomic E-state index is 0.551. The summed E-state index contributed by atoms with van der Waals surface area (Å²) in [6, 6.07) is 0.573. The van der Waals surface area contributed by atoms with Gasteiger partial charge in [0, 0.05) is 6.04 Å². The highest BCUT2D eigenvalue weighted by molar-refractivity contribution is 5.78. The van der Waals surface area contributed by atoms with Crippen LogP contribution in [0.2, 0.25) is 0 Å². The van der Waals surface area contributed by atoms with Crippen LogP contribution in [0.1, 0.15) is 19.3 Å². The molecule has 0 amide bonds. The molecule has 0 atom stereocenters. The number of rotatable bonds is 3. The summed E-state index contributed by atoms with van der Waals surface area (Å²) in [6.45, 7) is 4.16. The van der Waals surface area contributed by atoms with Crippen molar-refractivity contribution in [2.45, 2.75) is 25.3 Å². The highest BCUT2D eigenvalue weighted by atomic mass is 15.1. The minimum atomic E-state index is 0.551. The zero-order chi connectivity index (χ0) is 8.10. The molecule has 11 heavy (non-hydrogen) atoms. The molecule has 0 aromatic rings. The van der Waals surface area contributed by atoms with Crippen LogP contribution in [0, 0.1) is 0 Å². The number of guanidine groups is 1. The van der Waals surface area contributed by atoms with Crippen LogP contribution in [0.15, 0.2) is 17.6 Å². The minimum Gasteiger partial charge on any atom is -0.370 e. The number of hydrogen-bond donors (Lipinski definition) is 2. The number of nitrogens with two attached hydrogens (primary N) is 1. The average molecular weight is 153 g/mol. The van der Waals surface area contributed by atoms with Crippen molar-refractivity contribution in [3.8, 4) is 0 Å². The molecule has 62 valence electrons. The monoisotopic (exact) mass is 153 g/mol. The molecule has 0 radical (unpaired) electrons. The van der Waals surface area contributed by atoms with E-state index in [9.17, 15) is 0 Å². The molecule has 0 heterocycles. The van der Waals surface area contributed by atoms with Crippen LogP contribution in [-0.4, -0.2) is 18.5 Å². The molecule has 1 aliphatic rings. The Morgan fingerprint density at radius 1 is 1.73 bits per heavy atom. The predicted molar refractivity (Wildman–Crippen MR) is 47.5 cm³/mol. The van der Waals surface area contributed by atoms with E-state index in [1.165, 1.54) is 19.3 Å². The molecule has 0 aromatic heterocycles. The van der Waals surface area contributed by atoms with E-state index in [-0.39, 0.29) is 0 Å². The quantitative estimate of drug-likeness (QED) is 0.355. The van der Waals surface area contributed by atoms with Gasteiger partial charge < -0.3 is 11.1 Å². The lowest BCUT2D eigenvalue weighted by Gasteiger charge is -2.26. The maximum atomic E-state index is 5.56. The van der Waals surface area contributed by atoms with Gasteiger partial charge in [0.25, 0.3) is 0 Å². The molecule has 1 aliphatic carbocycles. The van der Waals surface area contributed by atoms with E-state index in [1.807, 2.05) is 0 Å². The topological polar surface area (TPSA) is 50.4 Å². The first-order valence-electron chi connectivity index (χ1n) is 4.00. The summed E-state index contributed by atoms with van der Waals surface area (Å²) in [5.41, 5.74) is 5.56. The lowest BCUT2D eigenvalue weighted by molar-refractivity contribution is 0.382. The lowest BCUT2D eigenvalue weighted by Crippen LogP contribution is -2.43. The van der Waals surface area contributed by atoms with Gasteiger partial charge in [-0.1, -0.05) is 6.08 Å². The van der Waals surface area contributed by atoms with Crippen molar-refractivity contribution in [2.75, 3.05) is 6.54 Å².